The van der Waals surface area contributed by atoms with Gasteiger partial charge in [-0.1, -0.05) is 96.0 Å². The van der Waals surface area contributed by atoms with E-state index in [0.29, 0.717) is 61.6 Å². The monoisotopic (exact) mass is 1300 g/mol. The zero-order chi connectivity index (χ0) is 68.7. The number of aliphatic hydroxyl groups is 3. The third-order valence-corrected chi connectivity index (χ3v) is 18.2. The number of carbonyl (C=O) groups excluding carboxylic acids is 9. The van der Waals surface area contributed by atoms with Crippen molar-refractivity contribution in [2.75, 3.05) is 33.3 Å². The van der Waals surface area contributed by atoms with Gasteiger partial charge < -0.3 is 65.0 Å². The topological polar surface area (TPSA) is 349 Å². The van der Waals surface area contributed by atoms with E-state index in [1.54, 1.807) is 75.4 Å². The number of aliphatic carboxylic acids is 1. The first-order valence-electron chi connectivity index (χ1n) is 32.8. The number of piperazine rings is 1. The fourth-order valence-electron chi connectivity index (χ4n) is 11.9. The summed E-state index contributed by atoms with van der Waals surface area (Å²) in [5.41, 5.74) is 4.68. The van der Waals surface area contributed by atoms with E-state index in [4.69, 9.17) is 29.4 Å². The van der Waals surface area contributed by atoms with Gasteiger partial charge in [-0.15, -0.1) is 0 Å². The molecule has 0 aromatic heterocycles. The maximum absolute atomic E-state index is 14.3. The van der Waals surface area contributed by atoms with Crippen molar-refractivity contribution in [2.24, 2.45) is 29.4 Å². The van der Waals surface area contributed by atoms with Gasteiger partial charge >= 0.3 is 24.1 Å². The number of amides is 6. The molecule has 2 saturated heterocycles. The fourth-order valence-corrected chi connectivity index (χ4v) is 11.9. The molecule has 0 bridgehead atoms. The minimum absolute atomic E-state index is 0.00913. The molecule has 2 fully saturated rings. The van der Waals surface area contributed by atoms with Crippen molar-refractivity contribution in [3.05, 3.63) is 83.5 Å². The Bertz CT molecular complexity index is 2850. The summed E-state index contributed by atoms with van der Waals surface area (Å²) in [6.07, 6.45) is 8.79. The average molecular weight is 1300 g/mol. The number of methoxy groups -OCH3 is 1. The Morgan fingerprint density at radius 1 is 0.925 bits per heavy atom. The molecule has 1 aromatic carbocycles. The lowest BCUT2D eigenvalue weighted by atomic mass is 9.88. The fraction of sp³-hybridized carbons (Fsp3) is 0.652. The number of epoxide rings is 1. The first kappa shape index (κ1) is 76.6. The van der Waals surface area contributed by atoms with Crippen molar-refractivity contribution in [1.82, 2.24) is 20.0 Å². The van der Waals surface area contributed by atoms with Crippen LogP contribution in [0.5, 0.6) is 0 Å². The highest BCUT2D eigenvalue weighted by Crippen LogP contribution is 2.38. The number of aliphatic hydroxyl groups excluding tert-OH is 2. The van der Waals surface area contributed by atoms with Crippen molar-refractivity contribution in [1.29, 1.82) is 0 Å². The number of ether oxygens (including phenoxy) is 5. The maximum Gasteiger partial charge on any atom is 0.410 e. The molecule has 0 spiro atoms. The second kappa shape index (κ2) is 36.5. The number of ketones is 2. The second-order valence-corrected chi connectivity index (χ2v) is 26.3. The van der Waals surface area contributed by atoms with Crippen molar-refractivity contribution >= 4 is 59.3 Å². The van der Waals surface area contributed by atoms with Crippen LogP contribution < -0.4 is 11.1 Å². The molecule has 24 nitrogen and oxygen atoms in total. The molecule has 516 valence electrons. The molecule has 1 aromatic rings. The Morgan fingerprint density at radius 3 is 2.25 bits per heavy atom. The standard InChI is InChI=1S/C69H101N5O19/c1-10-54(77)46(6)64-56(91-64)40-68(7,88)32-16-17-44(4)63-45(5)21-27-57(69(8,89-9)33-31-51(76)39-62(84)93-63)92-66(86)72-35-36-73(49(41-72)26-30-61(82)83)67(87)90-42-48-24-22-47(23-25-48)37-55(78)53(19-13-14-20-58(70)79)71-65(85)52(43(2)3)38-50(75)18-12-11-15-34-74-59(80)28-29-60(74)81/h16-17,21-25,27-29,32,43,45-46,49,51-54,56-57,63-64,76-77,88H,10-15,18-20,26,30-31,33-42H2,1-9H3,(H2,70,79)(H,71,85)(H,82,83)/b27-21+,32-16+,44-17+/t45-,46+,49?,51+,52-,53-,54-,56+,57-,63+,64+,68-,69+/m0/s1. The van der Waals surface area contributed by atoms with Crippen molar-refractivity contribution in [3.8, 4) is 0 Å². The largest absolute Gasteiger partial charge is 0.481 e. The van der Waals surface area contributed by atoms with Gasteiger partial charge in [-0.25, -0.2) is 9.59 Å². The van der Waals surface area contributed by atoms with Crippen LogP contribution in [0, 0.1) is 23.7 Å². The quantitative estimate of drug-likeness (QED) is 0.00776. The first-order valence-corrected chi connectivity index (χ1v) is 32.8. The van der Waals surface area contributed by atoms with Crippen LogP contribution in [0.25, 0.3) is 0 Å². The number of nitrogens with two attached hydrogens (primary N) is 1. The summed E-state index contributed by atoms with van der Waals surface area (Å²) in [4.78, 5) is 133. The third kappa shape index (κ3) is 24.6. The Hall–Kier alpha value is -7.12. The summed E-state index contributed by atoms with van der Waals surface area (Å²) in [5.74, 6) is -5.38. The predicted octanol–water partition coefficient (Wildman–Crippen LogP) is 6.91. The number of allylic oxidation sites excluding steroid dienone is 2. The number of carboxylic acids is 1. The highest BCUT2D eigenvalue weighted by Gasteiger charge is 2.47. The molecular weight excluding hydrogens is 1200 g/mol. The Labute approximate surface area is 546 Å². The van der Waals surface area contributed by atoms with E-state index in [9.17, 15) is 68.4 Å². The number of benzene rings is 1. The highest BCUT2D eigenvalue weighted by molar-refractivity contribution is 6.12. The highest BCUT2D eigenvalue weighted by atomic mass is 16.6. The van der Waals surface area contributed by atoms with Gasteiger partial charge in [0.15, 0.2) is 11.9 Å². The number of primary amides is 1. The van der Waals surface area contributed by atoms with Crippen LogP contribution in [-0.2, 0) is 75.1 Å². The number of carbonyl (C=O) groups is 10. The van der Waals surface area contributed by atoms with Gasteiger partial charge in [0.05, 0.1) is 48.5 Å². The van der Waals surface area contributed by atoms with E-state index >= 15 is 0 Å². The number of imide groups is 1. The number of nitrogens with one attached hydrogen (secondary N) is 1. The Balaban J connectivity index is 1.20. The second-order valence-electron chi connectivity index (χ2n) is 26.3. The van der Waals surface area contributed by atoms with E-state index < -0.39 is 95.5 Å². The molecule has 1 unspecified atom stereocenters. The summed E-state index contributed by atoms with van der Waals surface area (Å²) in [6, 6.07) is 5.01. The molecule has 0 saturated carbocycles. The number of nitrogens with zero attached hydrogens (tertiary/aromatic N) is 3. The van der Waals surface area contributed by atoms with Crippen LogP contribution in [0.3, 0.4) is 0 Å². The normalized spacial score (nSPS) is 25.3. The smallest absolute Gasteiger partial charge is 0.410 e. The van der Waals surface area contributed by atoms with Crippen molar-refractivity contribution in [3.63, 3.8) is 0 Å². The summed E-state index contributed by atoms with van der Waals surface area (Å²) in [7, 11) is 1.45. The lowest BCUT2D eigenvalue weighted by Gasteiger charge is -2.41. The van der Waals surface area contributed by atoms with Crippen LogP contribution in [-0.4, -0.2) is 188 Å². The minimum Gasteiger partial charge on any atom is -0.481 e. The first-order chi connectivity index (χ1) is 43.9. The van der Waals surface area contributed by atoms with E-state index in [2.05, 4.69) is 5.32 Å². The molecule has 7 N–H and O–H groups in total. The summed E-state index contributed by atoms with van der Waals surface area (Å²) in [5, 5.41) is 45.2. The molecule has 4 aliphatic rings. The van der Waals surface area contributed by atoms with E-state index in [1.807, 2.05) is 34.6 Å². The number of rotatable bonds is 34. The number of carboxylic acid groups (broad SMARTS) is 1. The van der Waals surface area contributed by atoms with E-state index in [1.165, 1.54) is 29.1 Å². The van der Waals surface area contributed by atoms with E-state index in [-0.39, 0.29) is 144 Å². The van der Waals surface area contributed by atoms with Crippen LogP contribution in [0.4, 0.5) is 9.59 Å². The molecule has 4 heterocycles. The number of cyclic esters (lactones) is 1. The van der Waals surface area contributed by atoms with Gasteiger partial charge in [-0.2, -0.15) is 0 Å². The van der Waals surface area contributed by atoms with Crippen LogP contribution in [0.1, 0.15) is 169 Å². The summed E-state index contributed by atoms with van der Waals surface area (Å²) < 4.78 is 29.7. The molecule has 13 atom stereocenters. The lowest BCUT2D eigenvalue weighted by molar-refractivity contribution is -0.152. The molecule has 6 amide bonds. The molecule has 4 aliphatic heterocycles. The lowest BCUT2D eigenvalue weighted by Crippen LogP contribution is -2.57. The maximum atomic E-state index is 14.3. The zero-order valence-corrected chi connectivity index (χ0v) is 55.7. The SMILES string of the molecule is CC[C@H](O)[C@@H](C)[C@H]1O[C@@H]1C[C@@](C)(O)/C=C/C=C(\C)[C@H]1OC(=O)C[C@H](O)CC[C@@](C)(OC)[C@@H](OC(=O)N2CCN(C(=O)OCc3ccc(CC(=O)[C@H](CCCCC(N)=O)NC(=O)[C@@H](CC(=O)CCCCCN4C(=O)C=CC4=O)C(C)C)cc3)C(CCC(=O)O)C2)/C=C/[C@@H]1C. The summed E-state index contributed by atoms with van der Waals surface area (Å²) >= 11 is 0. The number of Topliss-reactive ketones (excluding diaryl/α,β-unsaturated/α-hetero) is 2. The van der Waals surface area contributed by atoms with Gasteiger partial charge in [0.1, 0.15) is 24.1 Å². The molecule has 24 heteroatoms. The van der Waals surface area contributed by atoms with Gasteiger partial charge in [-0.05, 0) is 101 Å². The van der Waals surface area contributed by atoms with Gasteiger partial charge in [0, 0.05) is 102 Å². The summed E-state index contributed by atoms with van der Waals surface area (Å²) in [6.45, 7) is 14.4. The minimum atomic E-state index is -1.25. The number of hydrogen-bond donors (Lipinski definition) is 6. The zero-order valence-electron chi connectivity index (χ0n) is 55.7. The average Bonchev–Trinajstić information content (AvgIpc) is 1.74. The van der Waals surface area contributed by atoms with Gasteiger partial charge in [0.25, 0.3) is 11.8 Å². The van der Waals surface area contributed by atoms with Crippen LogP contribution in [0.2, 0.25) is 0 Å². The van der Waals surface area contributed by atoms with Crippen molar-refractivity contribution < 1.29 is 92.1 Å². The third-order valence-electron chi connectivity index (χ3n) is 18.2. The predicted molar refractivity (Wildman–Crippen MR) is 342 cm³/mol. The number of unbranched alkanes of at least 4 members (excludes halogenated alkanes) is 3. The molecule has 93 heavy (non-hydrogen) atoms. The molecule has 0 aliphatic carbocycles. The molecule has 0 radical (unpaired) electrons. The molecule has 5 rings (SSSR count). The van der Waals surface area contributed by atoms with Gasteiger partial charge in [0.2, 0.25) is 11.8 Å². The van der Waals surface area contributed by atoms with Crippen LogP contribution in [0.15, 0.2) is 72.4 Å². The van der Waals surface area contributed by atoms with Gasteiger partial charge in [-0.3, -0.25) is 43.3 Å². The van der Waals surface area contributed by atoms with Crippen molar-refractivity contribution in [2.45, 2.75) is 231 Å². The van der Waals surface area contributed by atoms with Crippen LogP contribution >= 0.6 is 0 Å². The number of esters is 1. The number of hydrogen-bond acceptors (Lipinski definition) is 18. The van der Waals surface area contributed by atoms with E-state index in [0.717, 1.165) is 4.90 Å². The molecular formula is C69H101N5O19. The Kier molecular flexibility index (Phi) is 30.1. The Morgan fingerprint density at radius 2 is 1.60 bits per heavy atom.